The molecule has 0 aromatic carbocycles. The Bertz CT molecular complexity index is 596. The molecule has 1 amide bonds. The molecule has 0 saturated carbocycles. The van der Waals surface area contributed by atoms with Gasteiger partial charge in [-0.15, -0.1) is 0 Å². The summed E-state index contributed by atoms with van der Waals surface area (Å²) in [6.07, 6.45) is 10.5. The number of carbonyl (C=O) groups excluding carboxylic acids is 3. The first-order valence-electron chi connectivity index (χ1n) is 10.6. The van der Waals surface area contributed by atoms with Crippen molar-refractivity contribution in [1.82, 2.24) is 5.32 Å². The van der Waals surface area contributed by atoms with E-state index >= 15 is 0 Å². The van der Waals surface area contributed by atoms with Crippen LogP contribution < -0.4 is 5.32 Å². The summed E-state index contributed by atoms with van der Waals surface area (Å²) in [5, 5.41) is 2.41. The summed E-state index contributed by atoms with van der Waals surface area (Å²) >= 11 is 0. The Kier molecular flexibility index (Phi) is 12.5. The van der Waals surface area contributed by atoms with E-state index in [2.05, 4.69) is 12.2 Å². The summed E-state index contributed by atoms with van der Waals surface area (Å²) in [5.41, 5.74) is 1.03. The molecule has 0 aromatic heterocycles. The van der Waals surface area contributed by atoms with E-state index in [0.717, 1.165) is 44.1 Å². The van der Waals surface area contributed by atoms with Gasteiger partial charge < -0.3 is 19.5 Å². The maximum atomic E-state index is 12.1. The summed E-state index contributed by atoms with van der Waals surface area (Å²) < 4.78 is 15.3. The van der Waals surface area contributed by atoms with Crippen LogP contribution in [0.1, 0.15) is 71.6 Å². The number of methoxy groups -OCH3 is 1. The van der Waals surface area contributed by atoms with Crippen LogP contribution in [0.5, 0.6) is 0 Å². The quantitative estimate of drug-likeness (QED) is 0.210. The van der Waals surface area contributed by atoms with Gasteiger partial charge in [0.25, 0.3) is 0 Å². The number of amides is 1. The van der Waals surface area contributed by atoms with E-state index in [1.54, 1.807) is 0 Å². The molecular formula is C22H35NO6. The minimum atomic E-state index is -0.640. The second kappa shape index (κ2) is 14.7. The first-order chi connectivity index (χ1) is 14.0. The summed E-state index contributed by atoms with van der Waals surface area (Å²) in [6, 6.07) is 0. The summed E-state index contributed by atoms with van der Waals surface area (Å²) in [5.74, 6) is -0.0978. The van der Waals surface area contributed by atoms with Crippen LogP contribution in [-0.2, 0) is 23.8 Å². The molecular weight excluding hydrogens is 374 g/mol. The summed E-state index contributed by atoms with van der Waals surface area (Å²) in [4.78, 5) is 35.5. The van der Waals surface area contributed by atoms with Crippen LogP contribution in [0.2, 0.25) is 0 Å². The summed E-state index contributed by atoms with van der Waals surface area (Å²) in [6.45, 7) is 4.17. The molecule has 164 valence electrons. The maximum absolute atomic E-state index is 12.1. The molecule has 0 spiro atoms. The minimum Gasteiger partial charge on any atom is -0.469 e. The van der Waals surface area contributed by atoms with E-state index in [9.17, 15) is 14.4 Å². The van der Waals surface area contributed by atoms with Crippen LogP contribution in [0, 0.1) is 5.92 Å². The molecule has 0 bridgehead atoms. The molecule has 0 heterocycles. The SMILES string of the molecule is CCC=CCCOC(=O)NCC(=O)OC1=C(CCCCC)C(CC(=O)OC)CC1. The first-order valence-corrected chi connectivity index (χ1v) is 10.6. The fourth-order valence-electron chi connectivity index (χ4n) is 3.28. The third-order valence-electron chi connectivity index (χ3n) is 4.80. The number of esters is 2. The van der Waals surface area contributed by atoms with Crippen LogP contribution in [0.4, 0.5) is 4.79 Å². The van der Waals surface area contributed by atoms with Gasteiger partial charge in [0.15, 0.2) is 0 Å². The lowest BCUT2D eigenvalue weighted by Gasteiger charge is -2.14. The fourth-order valence-corrected chi connectivity index (χ4v) is 3.28. The molecule has 1 atom stereocenters. The molecule has 29 heavy (non-hydrogen) atoms. The van der Waals surface area contributed by atoms with Crippen LogP contribution >= 0.6 is 0 Å². The number of hydrogen-bond donors (Lipinski definition) is 1. The van der Waals surface area contributed by atoms with Crippen molar-refractivity contribution in [2.45, 2.75) is 71.6 Å². The number of allylic oxidation sites excluding steroid dienone is 3. The van der Waals surface area contributed by atoms with Crippen molar-refractivity contribution < 1.29 is 28.6 Å². The maximum Gasteiger partial charge on any atom is 0.407 e. The van der Waals surface area contributed by atoms with Gasteiger partial charge in [0.05, 0.1) is 20.1 Å². The monoisotopic (exact) mass is 409 g/mol. The smallest absolute Gasteiger partial charge is 0.407 e. The zero-order valence-electron chi connectivity index (χ0n) is 18.0. The molecule has 1 aliphatic carbocycles. The lowest BCUT2D eigenvalue weighted by molar-refractivity contribution is -0.141. The first kappa shape index (κ1) is 24.7. The second-order valence-corrected chi connectivity index (χ2v) is 7.05. The van der Waals surface area contributed by atoms with Gasteiger partial charge in [0.1, 0.15) is 12.3 Å². The standard InChI is InChI=1S/C22H35NO6/c1-4-6-8-10-14-28-22(26)23-16-21(25)29-19-13-12-17(15-20(24)27-3)18(19)11-9-7-5-2/h6,8,17H,4-5,7,9-16H2,1-3H3,(H,23,26). The minimum absolute atomic E-state index is 0.0520. The van der Waals surface area contributed by atoms with Crippen LogP contribution in [0.3, 0.4) is 0 Å². The molecule has 0 fully saturated rings. The van der Waals surface area contributed by atoms with Gasteiger partial charge in [-0.05, 0) is 43.6 Å². The van der Waals surface area contributed by atoms with E-state index in [1.165, 1.54) is 7.11 Å². The molecule has 0 aromatic rings. The number of ether oxygens (including phenoxy) is 3. The van der Waals surface area contributed by atoms with Crippen LogP contribution in [0.15, 0.2) is 23.5 Å². The predicted octanol–water partition coefficient (Wildman–Crippen LogP) is 4.42. The van der Waals surface area contributed by atoms with Gasteiger partial charge in [0.2, 0.25) is 0 Å². The van der Waals surface area contributed by atoms with Gasteiger partial charge in [-0.1, -0.05) is 38.8 Å². The number of unbranched alkanes of at least 4 members (excludes halogenated alkanes) is 2. The van der Waals surface area contributed by atoms with E-state index < -0.39 is 12.1 Å². The molecule has 0 radical (unpaired) electrons. The Hall–Kier alpha value is -2.31. The third-order valence-corrected chi connectivity index (χ3v) is 4.80. The predicted molar refractivity (Wildman–Crippen MR) is 110 cm³/mol. The Balaban J connectivity index is 2.52. The van der Waals surface area contributed by atoms with Crippen molar-refractivity contribution >= 4 is 18.0 Å². The molecule has 1 aliphatic rings. The lowest BCUT2D eigenvalue weighted by Crippen LogP contribution is -2.31. The zero-order chi connectivity index (χ0) is 21.5. The summed E-state index contributed by atoms with van der Waals surface area (Å²) in [7, 11) is 1.38. The Morgan fingerprint density at radius 2 is 1.93 bits per heavy atom. The Morgan fingerprint density at radius 3 is 2.62 bits per heavy atom. The van der Waals surface area contributed by atoms with Crippen molar-refractivity contribution in [1.29, 1.82) is 0 Å². The molecule has 0 saturated heterocycles. The molecule has 7 nitrogen and oxygen atoms in total. The van der Waals surface area contributed by atoms with Crippen molar-refractivity contribution in [3.05, 3.63) is 23.5 Å². The fraction of sp³-hybridized carbons (Fsp3) is 0.682. The van der Waals surface area contributed by atoms with Gasteiger partial charge in [-0.3, -0.25) is 4.79 Å². The average Bonchev–Trinajstić information content (AvgIpc) is 3.07. The molecule has 1 unspecified atom stereocenters. The number of nitrogens with one attached hydrogen (secondary N) is 1. The van der Waals surface area contributed by atoms with Gasteiger partial charge in [-0.25, -0.2) is 9.59 Å². The number of hydrogen-bond acceptors (Lipinski definition) is 6. The lowest BCUT2D eigenvalue weighted by atomic mass is 9.93. The van der Waals surface area contributed by atoms with E-state index in [-0.39, 0.29) is 25.0 Å². The number of alkyl carbamates (subject to hydrolysis) is 1. The van der Waals surface area contributed by atoms with Crippen molar-refractivity contribution in [2.24, 2.45) is 5.92 Å². The van der Waals surface area contributed by atoms with E-state index in [4.69, 9.17) is 14.2 Å². The average molecular weight is 410 g/mol. The largest absolute Gasteiger partial charge is 0.469 e. The van der Waals surface area contributed by atoms with Gasteiger partial charge in [0, 0.05) is 6.42 Å². The number of rotatable bonds is 13. The zero-order valence-corrected chi connectivity index (χ0v) is 18.0. The van der Waals surface area contributed by atoms with Gasteiger partial charge in [-0.2, -0.15) is 0 Å². The topological polar surface area (TPSA) is 90.9 Å². The van der Waals surface area contributed by atoms with Crippen molar-refractivity contribution in [2.75, 3.05) is 20.3 Å². The van der Waals surface area contributed by atoms with Crippen molar-refractivity contribution in [3.63, 3.8) is 0 Å². The highest BCUT2D eigenvalue weighted by Crippen LogP contribution is 2.38. The van der Waals surface area contributed by atoms with Crippen molar-refractivity contribution in [3.8, 4) is 0 Å². The molecule has 7 heteroatoms. The van der Waals surface area contributed by atoms with Crippen LogP contribution in [0.25, 0.3) is 0 Å². The highest BCUT2D eigenvalue weighted by Gasteiger charge is 2.29. The molecule has 1 N–H and O–H groups in total. The van der Waals surface area contributed by atoms with E-state index in [0.29, 0.717) is 25.0 Å². The number of carbonyl (C=O) groups is 3. The van der Waals surface area contributed by atoms with Crippen LogP contribution in [-0.4, -0.2) is 38.3 Å². The normalized spacial score (nSPS) is 16.2. The molecule has 1 rings (SSSR count). The second-order valence-electron chi connectivity index (χ2n) is 7.05. The third kappa shape index (κ3) is 10.1. The highest BCUT2D eigenvalue weighted by molar-refractivity contribution is 5.78. The molecule has 0 aliphatic heterocycles. The Morgan fingerprint density at radius 1 is 1.14 bits per heavy atom. The highest BCUT2D eigenvalue weighted by atomic mass is 16.6. The van der Waals surface area contributed by atoms with E-state index in [1.807, 2.05) is 19.1 Å². The van der Waals surface area contributed by atoms with Gasteiger partial charge >= 0.3 is 18.0 Å². The Labute approximate surface area is 173 Å².